The van der Waals surface area contributed by atoms with Crippen LogP contribution in [-0.4, -0.2) is 42.0 Å². The number of rotatable bonds is 9. The van der Waals surface area contributed by atoms with Crippen molar-refractivity contribution in [2.24, 2.45) is 4.99 Å². The van der Waals surface area contributed by atoms with Gasteiger partial charge in [-0.2, -0.15) is 5.10 Å². The van der Waals surface area contributed by atoms with E-state index in [-0.39, 0.29) is 0 Å². The SMILES string of the molecule is CCNC(=NCCCn1cccn1)NCCOc1cccc2ccccc12. The first-order chi connectivity index (χ1) is 13.4. The third-order valence-corrected chi connectivity index (χ3v) is 4.12. The van der Waals surface area contributed by atoms with Crippen LogP contribution < -0.4 is 15.4 Å². The van der Waals surface area contributed by atoms with Crippen LogP contribution in [0.1, 0.15) is 13.3 Å². The quantitative estimate of drug-likeness (QED) is 0.348. The molecule has 1 aromatic heterocycles. The molecule has 0 radical (unpaired) electrons. The maximum atomic E-state index is 5.97. The predicted molar refractivity (Wildman–Crippen MR) is 110 cm³/mol. The molecule has 0 spiro atoms. The van der Waals surface area contributed by atoms with Crippen molar-refractivity contribution in [2.45, 2.75) is 19.9 Å². The summed E-state index contributed by atoms with van der Waals surface area (Å²) in [5.74, 6) is 1.73. The molecule has 0 fully saturated rings. The Morgan fingerprint density at radius 3 is 2.85 bits per heavy atom. The summed E-state index contributed by atoms with van der Waals surface area (Å²) in [6, 6.07) is 16.3. The third-order valence-electron chi connectivity index (χ3n) is 4.12. The highest BCUT2D eigenvalue weighted by atomic mass is 16.5. The monoisotopic (exact) mass is 365 g/mol. The number of fused-ring (bicyclic) bond motifs is 1. The number of aliphatic imine (C=N–C) groups is 1. The van der Waals surface area contributed by atoms with Gasteiger partial charge < -0.3 is 15.4 Å². The molecule has 27 heavy (non-hydrogen) atoms. The van der Waals surface area contributed by atoms with Crippen LogP contribution in [0.3, 0.4) is 0 Å². The number of benzene rings is 2. The molecule has 0 saturated heterocycles. The molecule has 3 aromatic rings. The number of ether oxygens (including phenoxy) is 1. The number of hydrogen-bond donors (Lipinski definition) is 2. The van der Waals surface area contributed by atoms with E-state index in [1.54, 1.807) is 6.20 Å². The van der Waals surface area contributed by atoms with Gasteiger partial charge in [0.2, 0.25) is 0 Å². The van der Waals surface area contributed by atoms with E-state index in [0.717, 1.165) is 43.2 Å². The van der Waals surface area contributed by atoms with Crippen molar-refractivity contribution in [2.75, 3.05) is 26.2 Å². The molecular weight excluding hydrogens is 338 g/mol. The maximum absolute atomic E-state index is 5.97. The lowest BCUT2D eigenvalue weighted by atomic mass is 10.1. The van der Waals surface area contributed by atoms with Gasteiger partial charge in [0.1, 0.15) is 12.4 Å². The van der Waals surface area contributed by atoms with Gasteiger partial charge in [-0.3, -0.25) is 9.67 Å². The lowest BCUT2D eigenvalue weighted by molar-refractivity contribution is 0.325. The Bertz CT molecular complexity index is 839. The van der Waals surface area contributed by atoms with E-state index in [1.165, 1.54) is 5.39 Å². The molecule has 0 amide bonds. The van der Waals surface area contributed by atoms with Gasteiger partial charge in [-0.05, 0) is 30.9 Å². The van der Waals surface area contributed by atoms with E-state index >= 15 is 0 Å². The summed E-state index contributed by atoms with van der Waals surface area (Å²) in [6.07, 6.45) is 4.72. The fraction of sp³-hybridized carbons (Fsp3) is 0.333. The van der Waals surface area contributed by atoms with E-state index in [1.807, 2.05) is 41.2 Å². The smallest absolute Gasteiger partial charge is 0.191 e. The van der Waals surface area contributed by atoms with E-state index in [9.17, 15) is 0 Å². The number of hydrogen-bond acceptors (Lipinski definition) is 3. The first kappa shape index (κ1) is 18.8. The zero-order valence-corrected chi connectivity index (χ0v) is 15.8. The fourth-order valence-corrected chi connectivity index (χ4v) is 2.85. The van der Waals surface area contributed by atoms with Gasteiger partial charge in [-0.1, -0.05) is 36.4 Å². The minimum atomic E-state index is 0.575. The average molecular weight is 365 g/mol. The number of guanidine groups is 1. The lowest BCUT2D eigenvalue weighted by Gasteiger charge is -2.13. The number of nitrogens with zero attached hydrogens (tertiary/aromatic N) is 3. The van der Waals surface area contributed by atoms with Crippen molar-refractivity contribution in [1.29, 1.82) is 0 Å². The van der Waals surface area contributed by atoms with Crippen molar-refractivity contribution in [3.63, 3.8) is 0 Å². The van der Waals surface area contributed by atoms with Crippen molar-refractivity contribution in [1.82, 2.24) is 20.4 Å². The molecule has 6 nitrogen and oxygen atoms in total. The standard InChI is InChI=1S/C21H27N5O/c1-2-22-21(23-12-6-15-26-16-7-13-25-26)24-14-17-27-20-11-5-9-18-8-3-4-10-19(18)20/h3-5,7-11,13,16H,2,6,12,14-15,17H2,1H3,(H2,22,23,24). The summed E-state index contributed by atoms with van der Waals surface area (Å²) in [5.41, 5.74) is 0. The first-order valence-corrected chi connectivity index (χ1v) is 9.47. The van der Waals surface area contributed by atoms with Crippen LogP contribution in [0.15, 0.2) is 65.9 Å². The van der Waals surface area contributed by atoms with Gasteiger partial charge in [0.15, 0.2) is 5.96 Å². The highest BCUT2D eigenvalue weighted by Crippen LogP contribution is 2.24. The van der Waals surface area contributed by atoms with Crippen molar-refractivity contribution >= 4 is 16.7 Å². The molecular formula is C21H27N5O. The molecule has 0 saturated carbocycles. The second-order valence-electron chi connectivity index (χ2n) is 6.14. The van der Waals surface area contributed by atoms with E-state index < -0.39 is 0 Å². The molecule has 2 aromatic carbocycles. The molecule has 0 aliphatic heterocycles. The average Bonchev–Trinajstić information content (AvgIpc) is 3.22. The lowest BCUT2D eigenvalue weighted by Crippen LogP contribution is -2.39. The molecule has 0 aliphatic carbocycles. The highest BCUT2D eigenvalue weighted by molar-refractivity contribution is 5.88. The van der Waals surface area contributed by atoms with Gasteiger partial charge in [-0.15, -0.1) is 0 Å². The Balaban J connectivity index is 1.44. The Morgan fingerprint density at radius 1 is 1.11 bits per heavy atom. The number of aryl methyl sites for hydroxylation is 1. The molecule has 0 atom stereocenters. The van der Waals surface area contributed by atoms with Gasteiger partial charge in [0, 0.05) is 37.4 Å². The Labute approximate surface area is 160 Å². The minimum Gasteiger partial charge on any atom is -0.491 e. The van der Waals surface area contributed by atoms with Gasteiger partial charge in [0.25, 0.3) is 0 Å². The van der Waals surface area contributed by atoms with Crippen LogP contribution in [-0.2, 0) is 6.54 Å². The van der Waals surface area contributed by atoms with Crippen LogP contribution in [0, 0.1) is 0 Å². The largest absolute Gasteiger partial charge is 0.491 e. The zero-order valence-electron chi connectivity index (χ0n) is 15.8. The van der Waals surface area contributed by atoms with Crippen molar-refractivity contribution < 1.29 is 4.74 Å². The summed E-state index contributed by atoms with van der Waals surface area (Å²) in [7, 11) is 0. The normalized spacial score (nSPS) is 11.5. The van der Waals surface area contributed by atoms with E-state index in [2.05, 4.69) is 45.8 Å². The Kier molecular flexibility index (Phi) is 7.09. The second kappa shape index (κ2) is 10.2. The molecule has 1 heterocycles. The van der Waals surface area contributed by atoms with Crippen LogP contribution >= 0.6 is 0 Å². The van der Waals surface area contributed by atoms with Gasteiger partial charge >= 0.3 is 0 Å². The Morgan fingerprint density at radius 2 is 2.00 bits per heavy atom. The topological polar surface area (TPSA) is 63.5 Å². The van der Waals surface area contributed by atoms with E-state index in [0.29, 0.717) is 13.2 Å². The summed E-state index contributed by atoms with van der Waals surface area (Å²) < 4.78 is 7.89. The summed E-state index contributed by atoms with van der Waals surface area (Å²) in [5, 5.41) is 13.1. The molecule has 142 valence electrons. The zero-order chi connectivity index (χ0) is 18.7. The van der Waals surface area contributed by atoms with Crippen LogP contribution in [0.25, 0.3) is 10.8 Å². The minimum absolute atomic E-state index is 0.575. The Hall–Kier alpha value is -3.02. The van der Waals surface area contributed by atoms with Crippen LogP contribution in [0.4, 0.5) is 0 Å². The number of nitrogens with one attached hydrogen (secondary N) is 2. The van der Waals surface area contributed by atoms with Crippen molar-refractivity contribution in [3.8, 4) is 5.75 Å². The number of aromatic nitrogens is 2. The predicted octanol–water partition coefficient (Wildman–Crippen LogP) is 3.06. The molecule has 6 heteroatoms. The fourth-order valence-electron chi connectivity index (χ4n) is 2.85. The van der Waals surface area contributed by atoms with E-state index in [4.69, 9.17) is 4.74 Å². The summed E-state index contributed by atoms with van der Waals surface area (Å²) >= 11 is 0. The maximum Gasteiger partial charge on any atom is 0.191 e. The summed E-state index contributed by atoms with van der Waals surface area (Å²) in [4.78, 5) is 4.61. The van der Waals surface area contributed by atoms with Crippen LogP contribution in [0.2, 0.25) is 0 Å². The highest BCUT2D eigenvalue weighted by Gasteiger charge is 2.02. The van der Waals surface area contributed by atoms with Gasteiger partial charge in [-0.25, -0.2) is 0 Å². The van der Waals surface area contributed by atoms with Crippen LogP contribution in [0.5, 0.6) is 5.75 Å². The molecule has 0 unspecified atom stereocenters. The molecule has 0 aliphatic rings. The van der Waals surface area contributed by atoms with Crippen molar-refractivity contribution in [3.05, 3.63) is 60.9 Å². The van der Waals surface area contributed by atoms with Gasteiger partial charge in [0.05, 0.1) is 6.54 Å². The molecule has 0 bridgehead atoms. The first-order valence-electron chi connectivity index (χ1n) is 9.47. The third kappa shape index (κ3) is 5.74. The molecule has 2 N–H and O–H groups in total. The molecule has 3 rings (SSSR count). The second-order valence-corrected chi connectivity index (χ2v) is 6.14. The summed E-state index contributed by atoms with van der Waals surface area (Å²) in [6.45, 7) is 5.78.